The summed E-state index contributed by atoms with van der Waals surface area (Å²) in [4.78, 5) is 42.2. The van der Waals surface area contributed by atoms with Crippen LogP contribution in [0.15, 0.2) is 6.33 Å². The van der Waals surface area contributed by atoms with Crippen molar-refractivity contribution in [1.82, 2.24) is 19.5 Å². The Morgan fingerprint density at radius 1 is 1.40 bits per heavy atom. The number of aromatic nitrogens is 4. The molecular formula is C14H19ClN5O9P. The number of rotatable bonds is 7. The summed E-state index contributed by atoms with van der Waals surface area (Å²) < 4.78 is 27.9. The van der Waals surface area contributed by atoms with Crippen LogP contribution in [0.1, 0.15) is 13.2 Å². The van der Waals surface area contributed by atoms with Crippen LogP contribution in [-0.4, -0.2) is 82.9 Å². The number of ether oxygens (including phenoxy) is 3. The molecule has 0 aromatic carbocycles. The third-order valence-corrected chi connectivity index (χ3v) is 5.38. The average Bonchev–Trinajstić information content (AvgIpc) is 3.17. The van der Waals surface area contributed by atoms with Crippen LogP contribution in [0.3, 0.4) is 0 Å². The van der Waals surface area contributed by atoms with E-state index in [1.165, 1.54) is 17.8 Å². The molecule has 2 aromatic heterocycles. The molecule has 5 atom stereocenters. The minimum Gasteiger partial charge on any atom is -0.464 e. The molecule has 0 radical (unpaired) electrons. The van der Waals surface area contributed by atoms with E-state index in [1.807, 2.05) is 0 Å². The zero-order valence-corrected chi connectivity index (χ0v) is 17.1. The smallest absolute Gasteiger partial charge is 0.365 e. The van der Waals surface area contributed by atoms with Crippen molar-refractivity contribution >= 4 is 42.1 Å². The zero-order chi connectivity index (χ0) is 22.2. The van der Waals surface area contributed by atoms with Gasteiger partial charge >= 0.3 is 13.6 Å². The van der Waals surface area contributed by atoms with E-state index >= 15 is 0 Å². The summed E-state index contributed by atoms with van der Waals surface area (Å²) in [7, 11) is -5.02. The van der Waals surface area contributed by atoms with Crippen LogP contribution in [0.4, 0.5) is 5.82 Å². The summed E-state index contributed by atoms with van der Waals surface area (Å²) in [5, 5.41) is 20.5. The van der Waals surface area contributed by atoms with Gasteiger partial charge in [-0.3, -0.25) is 9.13 Å². The van der Waals surface area contributed by atoms with E-state index < -0.39 is 50.6 Å². The molecule has 166 valence electrons. The molecule has 0 aliphatic carbocycles. The van der Waals surface area contributed by atoms with Crippen molar-refractivity contribution in [3.8, 4) is 0 Å². The van der Waals surface area contributed by atoms with Gasteiger partial charge in [-0.25, -0.2) is 9.78 Å². The van der Waals surface area contributed by atoms with Gasteiger partial charge in [0.1, 0.15) is 23.8 Å². The first-order valence-corrected chi connectivity index (χ1v) is 10.6. The van der Waals surface area contributed by atoms with Crippen molar-refractivity contribution in [2.24, 2.45) is 0 Å². The predicted molar refractivity (Wildman–Crippen MR) is 99.1 cm³/mol. The fourth-order valence-electron chi connectivity index (χ4n) is 2.90. The number of nitrogen functional groups attached to an aromatic ring is 1. The molecule has 30 heavy (non-hydrogen) atoms. The second kappa shape index (κ2) is 8.69. The molecule has 1 unspecified atom stereocenters. The van der Waals surface area contributed by atoms with E-state index in [1.54, 1.807) is 0 Å². The molecule has 0 saturated carbocycles. The Bertz CT molecular complexity index is 984. The highest BCUT2D eigenvalue weighted by molar-refractivity contribution is 7.53. The molecule has 2 aromatic rings. The third kappa shape index (κ3) is 4.40. The molecule has 1 fully saturated rings. The maximum atomic E-state index is 11.8. The van der Waals surface area contributed by atoms with Crippen LogP contribution >= 0.6 is 19.2 Å². The van der Waals surface area contributed by atoms with Gasteiger partial charge < -0.3 is 39.9 Å². The number of carbonyl (C=O) groups is 1. The molecular weight excluding hydrogens is 449 g/mol. The Morgan fingerprint density at radius 3 is 2.73 bits per heavy atom. The molecule has 3 heterocycles. The molecule has 16 heteroatoms. The first-order chi connectivity index (χ1) is 14.0. The van der Waals surface area contributed by atoms with Crippen LogP contribution in [0.5, 0.6) is 0 Å². The molecule has 3 rings (SSSR count). The number of imidazole rings is 1. The molecule has 1 aliphatic heterocycles. The maximum Gasteiger partial charge on any atom is 0.365 e. The van der Waals surface area contributed by atoms with Gasteiger partial charge in [0.25, 0.3) is 5.85 Å². The normalized spacial score (nSPS) is 25.5. The van der Waals surface area contributed by atoms with E-state index in [2.05, 4.69) is 19.7 Å². The largest absolute Gasteiger partial charge is 0.464 e. The summed E-state index contributed by atoms with van der Waals surface area (Å²) >= 11 is 5.80. The van der Waals surface area contributed by atoms with Crippen LogP contribution < -0.4 is 5.73 Å². The van der Waals surface area contributed by atoms with E-state index in [0.29, 0.717) is 0 Å². The number of nitrogens with zero attached hydrogens (tertiary/aromatic N) is 4. The van der Waals surface area contributed by atoms with Crippen LogP contribution in [0.2, 0.25) is 5.28 Å². The minimum atomic E-state index is -5.02. The molecule has 6 N–H and O–H groups in total. The molecule has 0 amide bonds. The summed E-state index contributed by atoms with van der Waals surface area (Å²) in [5.41, 5.74) is 6.05. The number of aliphatic hydroxyl groups is 2. The van der Waals surface area contributed by atoms with Gasteiger partial charge in [0.05, 0.1) is 19.5 Å². The van der Waals surface area contributed by atoms with E-state index in [0.717, 1.165) is 0 Å². The Kier molecular flexibility index (Phi) is 6.60. The fraction of sp³-hybridized carbons (Fsp3) is 0.571. The highest BCUT2D eigenvalue weighted by Gasteiger charge is 2.46. The third-order valence-electron chi connectivity index (χ3n) is 4.24. The average molecular weight is 468 g/mol. The summed E-state index contributed by atoms with van der Waals surface area (Å²) in [6, 6.07) is 0. The molecule has 1 aliphatic rings. The summed E-state index contributed by atoms with van der Waals surface area (Å²) in [6.45, 7) is 0.703. The van der Waals surface area contributed by atoms with Gasteiger partial charge in [-0.15, -0.1) is 0 Å². The molecule has 0 spiro atoms. The fourth-order valence-corrected chi connectivity index (χ4v) is 3.70. The second-order valence-corrected chi connectivity index (χ2v) is 8.26. The summed E-state index contributed by atoms with van der Waals surface area (Å²) in [5.74, 6) is -3.47. The lowest BCUT2D eigenvalue weighted by molar-refractivity contribution is -0.155. The molecule has 14 nitrogen and oxygen atoms in total. The number of esters is 1. The number of aliphatic hydroxyl groups excluding tert-OH is 2. The Hall–Kier alpha value is -1.90. The number of hydrogen-bond acceptors (Lipinski definition) is 11. The van der Waals surface area contributed by atoms with Gasteiger partial charge in [0, 0.05) is 0 Å². The quantitative estimate of drug-likeness (QED) is 0.183. The van der Waals surface area contributed by atoms with E-state index in [-0.39, 0.29) is 28.9 Å². The standard InChI is InChI=1S/C14H19ClN5O9P/c1-2-27-12(23)13(30(24,25)26)28-3-5-7(21)8(22)11(29-5)20-4-17-6-9(16)18-14(15)19-10(6)20/h4-5,7-8,11,13,21-22H,2-3H2,1H3,(H2,16,18,19)(H2,24,25,26)/t5-,7-,8-,11-,13?/m1/s1. The second-order valence-electron chi connectivity index (χ2n) is 6.28. The SMILES string of the molecule is CCOC(=O)C(OC[C@H]1O[C@@H](n2cnc3c(N)nc(Cl)nc32)[C@H](O)[C@@H]1O)P(=O)(O)O. The topological polar surface area (TPSA) is 212 Å². The van der Waals surface area contributed by atoms with Gasteiger partial charge in [-0.2, -0.15) is 9.97 Å². The van der Waals surface area contributed by atoms with Crippen molar-refractivity contribution in [3.05, 3.63) is 11.6 Å². The number of halogens is 1. The highest BCUT2D eigenvalue weighted by atomic mass is 35.5. The number of anilines is 1. The van der Waals surface area contributed by atoms with Crippen LogP contribution in [0.25, 0.3) is 11.2 Å². The van der Waals surface area contributed by atoms with Crippen LogP contribution in [-0.2, 0) is 23.6 Å². The number of nitrogens with two attached hydrogens (primary N) is 1. The lowest BCUT2D eigenvalue weighted by Crippen LogP contribution is -2.36. The number of hydrogen-bond donors (Lipinski definition) is 5. The maximum absolute atomic E-state index is 11.8. The lowest BCUT2D eigenvalue weighted by atomic mass is 10.1. The lowest BCUT2D eigenvalue weighted by Gasteiger charge is -2.20. The molecule has 1 saturated heterocycles. The zero-order valence-electron chi connectivity index (χ0n) is 15.4. The van der Waals surface area contributed by atoms with Gasteiger partial charge in [0.2, 0.25) is 5.28 Å². The molecule has 0 bridgehead atoms. The predicted octanol–water partition coefficient (Wildman–Crippen LogP) is -1.24. The first-order valence-electron chi connectivity index (χ1n) is 8.55. The van der Waals surface area contributed by atoms with Crippen molar-refractivity contribution in [2.75, 3.05) is 18.9 Å². The van der Waals surface area contributed by atoms with Crippen molar-refractivity contribution in [2.45, 2.75) is 37.3 Å². The monoisotopic (exact) mass is 467 g/mol. The van der Waals surface area contributed by atoms with Gasteiger partial charge in [-0.1, -0.05) is 0 Å². The highest BCUT2D eigenvalue weighted by Crippen LogP contribution is 2.43. The Labute approximate surface area is 173 Å². The van der Waals surface area contributed by atoms with E-state index in [9.17, 15) is 29.4 Å². The Morgan fingerprint density at radius 2 is 2.10 bits per heavy atom. The first kappa shape index (κ1) is 22.8. The number of fused-ring (bicyclic) bond motifs is 1. The van der Waals surface area contributed by atoms with Crippen molar-refractivity contribution < 1.29 is 43.6 Å². The van der Waals surface area contributed by atoms with E-state index in [4.69, 9.17) is 26.8 Å². The van der Waals surface area contributed by atoms with Crippen molar-refractivity contribution in [3.63, 3.8) is 0 Å². The summed E-state index contributed by atoms with van der Waals surface area (Å²) in [6.07, 6.45) is -4.24. The van der Waals surface area contributed by atoms with Gasteiger partial charge in [0.15, 0.2) is 17.7 Å². The van der Waals surface area contributed by atoms with Gasteiger partial charge in [-0.05, 0) is 18.5 Å². The van der Waals surface area contributed by atoms with Crippen LogP contribution in [0, 0.1) is 0 Å². The van der Waals surface area contributed by atoms with Crippen molar-refractivity contribution in [1.29, 1.82) is 0 Å². The Balaban J connectivity index is 1.79. The minimum absolute atomic E-state index is 0.00408. The number of carbonyl (C=O) groups excluding carboxylic acids is 1.